The van der Waals surface area contributed by atoms with Gasteiger partial charge in [0.25, 0.3) is 0 Å². The third kappa shape index (κ3) is 10.0. The van der Waals surface area contributed by atoms with E-state index in [1.807, 2.05) is 0 Å². The highest BCUT2D eigenvalue weighted by Gasteiger charge is 2.09. The third-order valence-corrected chi connectivity index (χ3v) is 4.15. The molecule has 0 aliphatic carbocycles. The van der Waals surface area contributed by atoms with E-state index >= 15 is 0 Å². The number of guanidine groups is 1. The fourth-order valence-electron chi connectivity index (χ4n) is 2.87. The molecular formula is C18H32Cl2N4. The summed E-state index contributed by atoms with van der Waals surface area (Å²) < 4.78 is 0. The maximum atomic E-state index is 5.89. The Balaban J connectivity index is 0.00000264. The Morgan fingerprint density at radius 2 is 1.75 bits per heavy atom. The monoisotopic (exact) mass is 374 g/mol. The van der Waals surface area contributed by atoms with Crippen LogP contribution in [0.3, 0.4) is 0 Å². The highest BCUT2D eigenvalue weighted by molar-refractivity contribution is 5.85. The fraction of sp³-hybridized carbons (Fsp3) is 0.611. The molecule has 1 saturated heterocycles. The fourth-order valence-corrected chi connectivity index (χ4v) is 2.87. The van der Waals surface area contributed by atoms with Gasteiger partial charge < -0.3 is 16.0 Å². The van der Waals surface area contributed by atoms with Gasteiger partial charge in [-0.2, -0.15) is 0 Å². The van der Waals surface area contributed by atoms with Crippen LogP contribution in [0.5, 0.6) is 0 Å². The van der Waals surface area contributed by atoms with Crippen molar-refractivity contribution in [2.24, 2.45) is 10.7 Å². The smallest absolute Gasteiger partial charge is 0.188 e. The van der Waals surface area contributed by atoms with E-state index in [4.69, 9.17) is 5.73 Å². The van der Waals surface area contributed by atoms with Gasteiger partial charge in [0.15, 0.2) is 5.96 Å². The lowest BCUT2D eigenvalue weighted by molar-refractivity contribution is 0.336. The van der Waals surface area contributed by atoms with Crippen LogP contribution in [0.15, 0.2) is 35.3 Å². The molecule has 6 heteroatoms. The van der Waals surface area contributed by atoms with E-state index < -0.39 is 0 Å². The van der Waals surface area contributed by atoms with Crippen LogP contribution in [-0.2, 0) is 6.42 Å². The van der Waals surface area contributed by atoms with Crippen molar-refractivity contribution in [2.75, 3.05) is 32.7 Å². The first-order valence-electron chi connectivity index (χ1n) is 8.64. The van der Waals surface area contributed by atoms with Crippen LogP contribution < -0.4 is 11.1 Å². The minimum absolute atomic E-state index is 0. The summed E-state index contributed by atoms with van der Waals surface area (Å²) in [6.07, 6.45) is 7.26. The molecule has 2 rings (SSSR count). The molecule has 3 N–H and O–H groups in total. The molecule has 1 aliphatic rings. The van der Waals surface area contributed by atoms with Crippen LogP contribution in [-0.4, -0.2) is 43.6 Å². The average molecular weight is 375 g/mol. The summed E-state index contributed by atoms with van der Waals surface area (Å²) in [4.78, 5) is 6.91. The zero-order valence-corrected chi connectivity index (χ0v) is 16.1. The first kappa shape index (κ1) is 23.0. The summed E-state index contributed by atoms with van der Waals surface area (Å²) in [6, 6.07) is 10.6. The molecule has 1 aliphatic heterocycles. The van der Waals surface area contributed by atoms with Gasteiger partial charge in [0.05, 0.1) is 0 Å². The number of likely N-dealkylation sites (tertiary alicyclic amines) is 1. The summed E-state index contributed by atoms with van der Waals surface area (Å²) in [6.45, 7) is 5.43. The van der Waals surface area contributed by atoms with Gasteiger partial charge in [-0.3, -0.25) is 4.99 Å². The number of unbranched alkanes of at least 4 members (excludes halogenated alkanes) is 1. The van der Waals surface area contributed by atoms with Crippen LogP contribution in [0.25, 0.3) is 0 Å². The number of hydrogen-bond acceptors (Lipinski definition) is 2. The first-order valence-corrected chi connectivity index (χ1v) is 8.64. The number of rotatable bonds is 9. The van der Waals surface area contributed by atoms with Crippen molar-refractivity contribution in [2.45, 2.75) is 38.5 Å². The quantitative estimate of drug-likeness (QED) is 0.396. The standard InChI is InChI=1S/C18H30N4.2ClH/c19-18(21-13-8-16-22-14-6-7-15-22)20-12-5-4-11-17-9-2-1-3-10-17;;/h1-3,9-10H,4-8,11-16H2,(H3,19,20,21);2*1H. The van der Waals surface area contributed by atoms with Crippen molar-refractivity contribution >= 4 is 30.8 Å². The molecule has 0 unspecified atom stereocenters. The third-order valence-electron chi connectivity index (χ3n) is 4.15. The Kier molecular flexibility index (Phi) is 13.8. The van der Waals surface area contributed by atoms with Gasteiger partial charge in [0.1, 0.15) is 0 Å². The van der Waals surface area contributed by atoms with Gasteiger partial charge in [0.2, 0.25) is 0 Å². The van der Waals surface area contributed by atoms with Gasteiger partial charge in [-0.15, -0.1) is 24.8 Å². The van der Waals surface area contributed by atoms with Crippen molar-refractivity contribution < 1.29 is 0 Å². The zero-order chi connectivity index (χ0) is 15.5. The maximum absolute atomic E-state index is 5.89. The molecule has 0 bridgehead atoms. The molecule has 0 aromatic heterocycles. The minimum Gasteiger partial charge on any atom is -0.370 e. The molecule has 138 valence electrons. The molecule has 0 radical (unpaired) electrons. The van der Waals surface area contributed by atoms with E-state index in [2.05, 4.69) is 45.5 Å². The zero-order valence-electron chi connectivity index (χ0n) is 14.5. The van der Waals surface area contributed by atoms with Crippen LogP contribution in [0.2, 0.25) is 0 Å². The average Bonchev–Trinajstić information content (AvgIpc) is 3.06. The van der Waals surface area contributed by atoms with E-state index in [1.165, 1.54) is 37.9 Å². The second-order valence-corrected chi connectivity index (χ2v) is 6.04. The largest absolute Gasteiger partial charge is 0.370 e. The minimum atomic E-state index is 0. The number of benzene rings is 1. The lowest BCUT2D eigenvalue weighted by Gasteiger charge is -2.13. The Bertz CT molecular complexity index is 434. The highest BCUT2D eigenvalue weighted by atomic mass is 35.5. The van der Waals surface area contributed by atoms with E-state index in [0.29, 0.717) is 5.96 Å². The number of halogens is 2. The predicted molar refractivity (Wildman–Crippen MR) is 109 cm³/mol. The van der Waals surface area contributed by atoms with E-state index in [1.54, 1.807) is 0 Å². The number of nitrogens with two attached hydrogens (primary N) is 1. The Morgan fingerprint density at radius 1 is 1.04 bits per heavy atom. The van der Waals surface area contributed by atoms with Crippen LogP contribution in [0, 0.1) is 0 Å². The predicted octanol–water partition coefficient (Wildman–Crippen LogP) is 3.24. The molecule has 24 heavy (non-hydrogen) atoms. The maximum Gasteiger partial charge on any atom is 0.188 e. The lowest BCUT2D eigenvalue weighted by atomic mass is 10.1. The number of nitrogens with one attached hydrogen (secondary N) is 1. The molecule has 4 nitrogen and oxygen atoms in total. The second-order valence-electron chi connectivity index (χ2n) is 6.04. The molecule has 1 aromatic rings. The number of nitrogens with zero attached hydrogens (tertiary/aromatic N) is 2. The van der Waals surface area contributed by atoms with Gasteiger partial charge in [-0.05, 0) is 63.7 Å². The molecule has 0 amide bonds. The van der Waals surface area contributed by atoms with Crippen LogP contribution in [0.1, 0.15) is 37.7 Å². The number of aliphatic imine (C=N–C) groups is 1. The summed E-state index contributed by atoms with van der Waals surface area (Å²) in [5.41, 5.74) is 7.29. The van der Waals surface area contributed by atoms with Crippen molar-refractivity contribution in [1.82, 2.24) is 10.2 Å². The van der Waals surface area contributed by atoms with E-state index in [9.17, 15) is 0 Å². The van der Waals surface area contributed by atoms with Gasteiger partial charge in [-0.25, -0.2) is 0 Å². The SMILES string of the molecule is Cl.Cl.NC(=NCCCN1CCCC1)NCCCCc1ccccc1. The lowest BCUT2D eigenvalue weighted by Crippen LogP contribution is -2.32. The normalized spacial score (nSPS) is 14.8. The molecule has 0 spiro atoms. The Morgan fingerprint density at radius 3 is 2.46 bits per heavy atom. The summed E-state index contributed by atoms with van der Waals surface area (Å²) >= 11 is 0. The van der Waals surface area contributed by atoms with Crippen molar-refractivity contribution in [3.05, 3.63) is 35.9 Å². The first-order chi connectivity index (χ1) is 10.8. The molecule has 0 saturated carbocycles. The Labute approximate surface area is 159 Å². The highest BCUT2D eigenvalue weighted by Crippen LogP contribution is 2.07. The topological polar surface area (TPSA) is 53.6 Å². The van der Waals surface area contributed by atoms with Gasteiger partial charge >= 0.3 is 0 Å². The van der Waals surface area contributed by atoms with Crippen molar-refractivity contribution in [3.8, 4) is 0 Å². The number of hydrogen-bond donors (Lipinski definition) is 2. The second kappa shape index (κ2) is 14.4. The number of aryl methyl sites for hydroxylation is 1. The van der Waals surface area contributed by atoms with Gasteiger partial charge in [0, 0.05) is 13.1 Å². The summed E-state index contributed by atoms with van der Waals surface area (Å²) in [5.74, 6) is 0.598. The van der Waals surface area contributed by atoms with Crippen molar-refractivity contribution in [1.29, 1.82) is 0 Å². The van der Waals surface area contributed by atoms with Crippen LogP contribution >= 0.6 is 24.8 Å². The van der Waals surface area contributed by atoms with Crippen LogP contribution in [0.4, 0.5) is 0 Å². The molecule has 1 heterocycles. The molecule has 0 atom stereocenters. The molecule has 1 fully saturated rings. The summed E-state index contributed by atoms with van der Waals surface area (Å²) in [7, 11) is 0. The van der Waals surface area contributed by atoms with Crippen molar-refractivity contribution in [3.63, 3.8) is 0 Å². The van der Waals surface area contributed by atoms with Gasteiger partial charge in [-0.1, -0.05) is 30.3 Å². The summed E-state index contributed by atoms with van der Waals surface area (Å²) in [5, 5.41) is 3.21. The van der Waals surface area contributed by atoms with E-state index in [-0.39, 0.29) is 24.8 Å². The molecule has 1 aromatic carbocycles. The molecular weight excluding hydrogens is 343 g/mol. The Hall–Kier alpha value is -0.970. The van der Waals surface area contributed by atoms with E-state index in [0.717, 1.165) is 38.9 Å².